The van der Waals surface area contributed by atoms with Crippen LogP contribution in [0.25, 0.3) is 0 Å². The predicted octanol–water partition coefficient (Wildman–Crippen LogP) is -0.223. The molecule has 0 aliphatic carbocycles. The number of aliphatic hydroxyl groups excluding tert-OH is 1. The van der Waals surface area contributed by atoms with E-state index >= 15 is 0 Å². The molecule has 0 aromatic heterocycles. The van der Waals surface area contributed by atoms with E-state index in [1.54, 1.807) is 0 Å². The maximum absolute atomic E-state index is 8.64. The first-order valence-electron chi connectivity index (χ1n) is 3.30. The van der Waals surface area contributed by atoms with Crippen LogP contribution in [0.15, 0.2) is 0 Å². The van der Waals surface area contributed by atoms with Crippen LogP contribution in [0, 0.1) is 0 Å². The molecule has 2 atom stereocenters. The van der Waals surface area contributed by atoms with Gasteiger partial charge in [-0.05, 0) is 6.92 Å². The molecule has 1 fully saturated rings. The third-order valence-corrected chi connectivity index (χ3v) is 1.43. The third kappa shape index (κ3) is 2.84. The first kappa shape index (κ1) is 10.2. The van der Waals surface area contributed by atoms with E-state index in [4.69, 9.17) is 9.84 Å². The van der Waals surface area contributed by atoms with Crippen LogP contribution in [0.2, 0.25) is 0 Å². The lowest BCUT2D eigenvalue weighted by Gasteiger charge is -2.27. The highest BCUT2D eigenvalue weighted by Gasteiger charge is 2.16. The minimum atomic E-state index is 0. The average molecular weight is 168 g/mol. The van der Waals surface area contributed by atoms with E-state index in [-0.39, 0.29) is 31.2 Å². The summed E-state index contributed by atoms with van der Waals surface area (Å²) in [5.74, 6) is 0. The van der Waals surface area contributed by atoms with Crippen molar-refractivity contribution >= 4 is 12.4 Å². The number of hydrogen-bond donors (Lipinski definition) is 2. The number of nitrogens with one attached hydrogen (secondary N) is 1. The Hall–Kier alpha value is 0.170. The van der Waals surface area contributed by atoms with Gasteiger partial charge in [0.05, 0.1) is 18.8 Å². The van der Waals surface area contributed by atoms with Gasteiger partial charge in [0.15, 0.2) is 0 Å². The zero-order chi connectivity index (χ0) is 6.69. The number of ether oxygens (including phenoxy) is 1. The minimum absolute atomic E-state index is 0. The molecule has 1 aliphatic heterocycles. The Kier molecular flexibility index (Phi) is 4.99. The molecule has 62 valence electrons. The van der Waals surface area contributed by atoms with E-state index in [1.165, 1.54) is 0 Å². The lowest BCUT2D eigenvalue weighted by Crippen LogP contribution is -2.44. The fraction of sp³-hybridized carbons (Fsp3) is 1.00. The normalized spacial score (nSPS) is 33.0. The standard InChI is InChI=1S/C6H13NO2.ClH/c1-5-2-7-3-6(4-8)9-5;/h5-8H,2-4H2,1H3;1H/t5-,6?;/m0./s1. The summed E-state index contributed by atoms with van der Waals surface area (Å²) < 4.78 is 5.32. The van der Waals surface area contributed by atoms with Crippen molar-refractivity contribution in [3.05, 3.63) is 0 Å². The van der Waals surface area contributed by atoms with Gasteiger partial charge >= 0.3 is 0 Å². The molecule has 1 aliphatic rings. The molecule has 0 saturated carbocycles. The second-order valence-corrected chi connectivity index (χ2v) is 2.41. The van der Waals surface area contributed by atoms with Crippen molar-refractivity contribution in [1.29, 1.82) is 0 Å². The van der Waals surface area contributed by atoms with Crippen LogP contribution in [0.3, 0.4) is 0 Å². The van der Waals surface area contributed by atoms with Gasteiger partial charge in [0.25, 0.3) is 0 Å². The first-order chi connectivity index (χ1) is 4.33. The maximum Gasteiger partial charge on any atom is 0.0933 e. The molecule has 0 spiro atoms. The van der Waals surface area contributed by atoms with Crippen LogP contribution in [-0.4, -0.2) is 37.0 Å². The van der Waals surface area contributed by atoms with Crippen molar-refractivity contribution in [2.75, 3.05) is 19.7 Å². The summed E-state index contributed by atoms with van der Waals surface area (Å²) in [6, 6.07) is 0. The van der Waals surface area contributed by atoms with Crippen LogP contribution in [-0.2, 0) is 4.74 Å². The van der Waals surface area contributed by atoms with Crippen molar-refractivity contribution in [3.63, 3.8) is 0 Å². The first-order valence-corrected chi connectivity index (χ1v) is 3.30. The van der Waals surface area contributed by atoms with Gasteiger partial charge in [-0.25, -0.2) is 0 Å². The molecule has 1 heterocycles. The molecule has 0 radical (unpaired) electrons. The molecule has 1 saturated heterocycles. The highest BCUT2D eigenvalue weighted by Crippen LogP contribution is 2.00. The van der Waals surface area contributed by atoms with E-state index in [1.807, 2.05) is 6.92 Å². The molecule has 0 aromatic rings. The fourth-order valence-electron chi connectivity index (χ4n) is 0.980. The van der Waals surface area contributed by atoms with Crippen molar-refractivity contribution < 1.29 is 9.84 Å². The topological polar surface area (TPSA) is 41.5 Å². The summed E-state index contributed by atoms with van der Waals surface area (Å²) in [6.45, 7) is 3.80. The van der Waals surface area contributed by atoms with E-state index in [0.717, 1.165) is 13.1 Å². The van der Waals surface area contributed by atoms with Crippen molar-refractivity contribution in [2.45, 2.75) is 19.1 Å². The van der Waals surface area contributed by atoms with Crippen molar-refractivity contribution in [2.24, 2.45) is 0 Å². The van der Waals surface area contributed by atoms with Gasteiger partial charge in [0.2, 0.25) is 0 Å². The quantitative estimate of drug-likeness (QED) is 0.568. The number of hydrogen-bond acceptors (Lipinski definition) is 3. The summed E-state index contributed by atoms with van der Waals surface area (Å²) >= 11 is 0. The molecule has 0 amide bonds. The minimum Gasteiger partial charge on any atom is -0.394 e. The smallest absolute Gasteiger partial charge is 0.0933 e. The molecular weight excluding hydrogens is 154 g/mol. The van der Waals surface area contributed by atoms with Gasteiger partial charge in [-0.3, -0.25) is 0 Å². The van der Waals surface area contributed by atoms with Crippen LogP contribution in [0.5, 0.6) is 0 Å². The van der Waals surface area contributed by atoms with Crippen LogP contribution in [0.4, 0.5) is 0 Å². The highest BCUT2D eigenvalue weighted by atomic mass is 35.5. The Morgan fingerprint density at radius 1 is 1.60 bits per heavy atom. The molecule has 1 rings (SSSR count). The summed E-state index contributed by atoms with van der Waals surface area (Å²) in [5, 5.41) is 11.8. The van der Waals surface area contributed by atoms with Crippen LogP contribution in [0.1, 0.15) is 6.92 Å². The lowest BCUT2D eigenvalue weighted by molar-refractivity contribution is -0.0518. The van der Waals surface area contributed by atoms with Crippen molar-refractivity contribution in [3.8, 4) is 0 Å². The zero-order valence-electron chi connectivity index (χ0n) is 6.04. The Bertz CT molecular complexity index is 91.8. The van der Waals surface area contributed by atoms with Gasteiger partial charge < -0.3 is 15.2 Å². The zero-order valence-corrected chi connectivity index (χ0v) is 6.86. The summed E-state index contributed by atoms with van der Waals surface area (Å²) in [7, 11) is 0. The van der Waals surface area contributed by atoms with Gasteiger partial charge in [-0.2, -0.15) is 0 Å². The molecule has 4 heteroatoms. The van der Waals surface area contributed by atoms with Crippen LogP contribution >= 0.6 is 12.4 Å². The van der Waals surface area contributed by atoms with E-state index < -0.39 is 0 Å². The van der Waals surface area contributed by atoms with Gasteiger partial charge in [0, 0.05) is 13.1 Å². The number of morpholine rings is 1. The second-order valence-electron chi connectivity index (χ2n) is 2.41. The molecule has 0 aromatic carbocycles. The molecule has 0 bridgehead atoms. The molecule has 10 heavy (non-hydrogen) atoms. The average Bonchev–Trinajstić information content (AvgIpc) is 1.88. The lowest BCUT2D eigenvalue weighted by atomic mass is 10.3. The number of aliphatic hydroxyl groups is 1. The number of halogens is 1. The molecule has 3 nitrogen and oxygen atoms in total. The molecule has 2 N–H and O–H groups in total. The largest absolute Gasteiger partial charge is 0.394 e. The third-order valence-electron chi connectivity index (χ3n) is 1.43. The van der Waals surface area contributed by atoms with E-state index in [2.05, 4.69) is 5.32 Å². The number of rotatable bonds is 1. The van der Waals surface area contributed by atoms with E-state index in [9.17, 15) is 0 Å². The van der Waals surface area contributed by atoms with Gasteiger partial charge in [0.1, 0.15) is 0 Å². The fourth-order valence-corrected chi connectivity index (χ4v) is 0.980. The monoisotopic (exact) mass is 167 g/mol. The summed E-state index contributed by atoms with van der Waals surface area (Å²) in [5.41, 5.74) is 0. The van der Waals surface area contributed by atoms with Crippen LogP contribution < -0.4 is 5.32 Å². The maximum atomic E-state index is 8.64. The Morgan fingerprint density at radius 3 is 2.70 bits per heavy atom. The van der Waals surface area contributed by atoms with Crippen molar-refractivity contribution in [1.82, 2.24) is 5.32 Å². The molecule has 1 unspecified atom stereocenters. The van der Waals surface area contributed by atoms with Gasteiger partial charge in [-0.15, -0.1) is 12.4 Å². The summed E-state index contributed by atoms with van der Waals surface area (Å²) in [4.78, 5) is 0. The highest BCUT2D eigenvalue weighted by molar-refractivity contribution is 5.85. The molecular formula is C6H14ClNO2. The van der Waals surface area contributed by atoms with Gasteiger partial charge in [-0.1, -0.05) is 0 Å². The summed E-state index contributed by atoms with van der Waals surface area (Å²) in [6.07, 6.45) is 0.254. The Labute approximate surface area is 67.2 Å². The SMILES string of the molecule is C[C@H]1CNCC(CO)O1.Cl. The van der Waals surface area contributed by atoms with E-state index in [0.29, 0.717) is 0 Å². The Morgan fingerprint density at radius 2 is 2.30 bits per heavy atom. The Balaban J connectivity index is 0.000000810. The second kappa shape index (κ2) is 4.91. The predicted molar refractivity (Wildman–Crippen MR) is 41.5 cm³/mol.